The van der Waals surface area contributed by atoms with Gasteiger partial charge in [0.2, 0.25) is 0 Å². The van der Waals surface area contributed by atoms with E-state index in [-0.39, 0.29) is 17.3 Å². The minimum atomic E-state index is -3.88. The number of ether oxygens (including phenoxy) is 2. The van der Waals surface area contributed by atoms with Crippen LogP contribution in [-0.4, -0.2) is 40.6 Å². The lowest BCUT2D eigenvalue weighted by atomic mass is 9.89. The van der Waals surface area contributed by atoms with Gasteiger partial charge in [-0.15, -0.1) is 0 Å². The van der Waals surface area contributed by atoms with Gasteiger partial charge in [0, 0.05) is 6.54 Å². The fourth-order valence-electron chi connectivity index (χ4n) is 4.19. The van der Waals surface area contributed by atoms with Crippen LogP contribution in [0, 0.1) is 5.92 Å². The minimum Gasteiger partial charge on any atom is -0.497 e. The van der Waals surface area contributed by atoms with Crippen LogP contribution in [0.3, 0.4) is 0 Å². The highest BCUT2D eigenvalue weighted by molar-refractivity contribution is 7.92. The van der Waals surface area contributed by atoms with Gasteiger partial charge < -0.3 is 14.8 Å². The van der Waals surface area contributed by atoms with E-state index < -0.39 is 16.1 Å². The van der Waals surface area contributed by atoms with E-state index >= 15 is 0 Å². The van der Waals surface area contributed by atoms with Gasteiger partial charge >= 0.3 is 0 Å². The molecule has 1 saturated carbocycles. The van der Waals surface area contributed by atoms with Gasteiger partial charge in [0.05, 0.1) is 24.2 Å². The first kappa shape index (κ1) is 21.5. The zero-order valence-electron chi connectivity index (χ0n) is 17.6. The van der Waals surface area contributed by atoms with Gasteiger partial charge in [-0.2, -0.15) is 0 Å². The van der Waals surface area contributed by atoms with Crippen LogP contribution in [0.25, 0.3) is 0 Å². The predicted molar refractivity (Wildman–Crippen MR) is 118 cm³/mol. The van der Waals surface area contributed by atoms with Gasteiger partial charge in [-0.05, 0) is 55.2 Å². The topological polar surface area (TPSA) is 84.9 Å². The van der Waals surface area contributed by atoms with Crippen molar-refractivity contribution in [3.8, 4) is 11.5 Å². The summed E-state index contributed by atoms with van der Waals surface area (Å²) in [7, 11) is -2.36. The number of amides is 1. The molecule has 1 aliphatic heterocycles. The fraction of sp³-hybridized carbons (Fsp3) is 0.435. The molecule has 0 aromatic heterocycles. The van der Waals surface area contributed by atoms with Crippen molar-refractivity contribution < 1.29 is 22.7 Å². The molecule has 0 bridgehead atoms. The Bertz CT molecular complexity index is 1020. The third kappa shape index (κ3) is 4.63. The zero-order chi connectivity index (χ0) is 21.8. The molecule has 1 amide bonds. The number of benzene rings is 2. The summed E-state index contributed by atoms with van der Waals surface area (Å²) in [5.74, 6) is 1.15. The Morgan fingerprint density at radius 3 is 2.52 bits per heavy atom. The molecule has 1 aliphatic carbocycles. The van der Waals surface area contributed by atoms with E-state index in [1.54, 1.807) is 36.4 Å². The molecule has 1 fully saturated rings. The second-order valence-corrected chi connectivity index (χ2v) is 9.90. The average Bonchev–Trinajstić information content (AvgIpc) is 2.82. The van der Waals surface area contributed by atoms with E-state index in [9.17, 15) is 13.2 Å². The molecule has 2 aromatic rings. The normalized spacial score (nSPS) is 19.3. The molecule has 4 rings (SSSR count). The van der Waals surface area contributed by atoms with Gasteiger partial charge in [0.1, 0.15) is 11.5 Å². The Labute approximate surface area is 183 Å². The number of rotatable bonds is 6. The van der Waals surface area contributed by atoms with Crippen LogP contribution in [0.15, 0.2) is 53.4 Å². The van der Waals surface area contributed by atoms with E-state index in [2.05, 4.69) is 5.32 Å². The highest BCUT2D eigenvalue weighted by atomic mass is 32.2. The summed E-state index contributed by atoms with van der Waals surface area (Å²) in [6.45, 7) is 0.521. The highest BCUT2D eigenvalue weighted by Crippen LogP contribution is 2.37. The van der Waals surface area contributed by atoms with Crippen LogP contribution in [0.2, 0.25) is 0 Å². The molecule has 0 saturated heterocycles. The quantitative estimate of drug-likeness (QED) is 0.739. The summed E-state index contributed by atoms with van der Waals surface area (Å²) in [6, 6.07) is 13.1. The molecule has 1 heterocycles. The summed E-state index contributed by atoms with van der Waals surface area (Å²) in [5.41, 5.74) is 0.426. The highest BCUT2D eigenvalue weighted by Gasteiger charge is 2.37. The number of sulfonamides is 1. The van der Waals surface area contributed by atoms with Crippen LogP contribution < -0.4 is 19.1 Å². The Hall–Kier alpha value is -2.74. The van der Waals surface area contributed by atoms with E-state index in [0.29, 0.717) is 29.6 Å². The van der Waals surface area contributed by atoms with Gasteiger partial charge in [-0.25, -0.2) is 8.42 Å². The first-order valence-corrected chi connectivity index (χ1v) is 12.1. The molecule has 8 heteroatoms. The molecule has 1 N–H and O–H groups in total. The SMILES string of the molecule is COc1ccc(S(=O)(=O)N2C[C@@H](C(=O)NCC3CCCCC3)Oc3ccccc32)cc1. The van der Waals surface area contributed by atoms with Crippen molar-refractivity contribution in [2.45, 2.75) is 43.1 Å². The third-order valence-corrected chi connectivity index (χ3v) is 7.76. The lowest BCUT2D eigenvalue weighted by Gasteiger charge is -2.35. The zero-order valence-corrected chi connectivity index (χ0v) is 18.4. The molecule has 1 atom stereocenters. The third-order valence-electron chi connectivity index (χ3n) is 5.96. The summed E-state index contributed by atoms with van der Waals surface area (Å²) in [4.78, 5) is 13.0. The number of fused-ring (bicyclic) bond motifs is 1. The number of carbonyl (C=O) groups is 1. The van der Waals surface area contributed by atoms with Crippen molar-refractivity contribution >= 4 is 21.6 Å². The number of para-hydroxylation sites is 2. The van der Waals surface area contributed by atoms with E-state index in [0.717, 1.165) is 12.8 Å². The van der Waals surface area contributed by atoms with Crippen molar-refractivity contribution in [1.82, 2.24) is 5.32 Å². The summed E-state index contributed by atoms with van der Waals surface area (Å²) in [5, 5.41) is 2.98. The van der Waals surface area contributed by atoms with Crippen molar-refractivity contribution in [2.24, 2.45) is 5.92 Å². The molecule has 0 radical (unpaired) electrons. The number of nitrogens with one attached hydrogen (secondary N) is 1. The lowest BCUT2D eigenvalue weighted by Crippen LogP contribution is -2.51. The van der Waals surface area contributed by atoms with Crippen LogP contribution in [0.4, 0.5) is 5.69 Å². The second-order valence-electron chi connectivity index (χ2n) is 8.04. The molecule has 7 nitrogen and oxygen atoms in total. The van der Waals surface area contributed by atoms with Crippen molar-refractivity contribution in [2.75, 3.05) is 24.5 Å². The maximum absolute atomic E-state index is 13.4. The van der Waals surface area contributed by atoms with Gasteiger partial charge in [-0.1, -0.05) is 31.4 Å². The Morgan fingerprint density at radius 2 is 1.81 bits per heavy atom. The lowest BCUT2D eigenvalue weighted by molar-refractivity contribution is -0.128. The average molecular weight is 445 g/mol. The first-order valence-electron chi connectivity index (χ1n) is 10.7. The molecule has 166 valence electrons. The van der Waals surface area contributed by atoms with Crippen molar-refractivity contribution in [3.05, 3.63) is 48.5 Å². The van der Waals surface area contributed by atoms with Crippen LogP contribution in [-0.2, 0) is 14.8 Å². The van der Waals surface area contributed by atoms with Crippen molar-refractivity contribution in [1.29, 1.82) is 0 Å². The van der Waals surface area contributed by atoms with Crippen LogP contribution in [0.1, 0.15) is 32.1 Å². The monoisotopic (exact) mass is 444 g/mol. The second kappa shape index (κ2) is 9.18. The van der Waals surface area contributed by atoms with E-state index in [1.807, 2.05) is 0 Å². The number of carbonyl (C=O) groups excluding carboxylic acids is 1. The Morgan fingerprint density at radius 1 is 1.10 bits per heavy atom. The predicted octanol–water partition coefficient (Wildman–Crippen LogP) is 3.35. The van der Waals surface area contributed by atoms with Crippen LogP contribution >= 0.6 is 0 Å². The molecule has 0 unspecified atom stereocenters. The molecular weight excluding hydrogens is 416 g/mol. The largest absolute Gasteiger partial charge is 0.497 e. The van der Waals surface area contributed by atoms with Gasteiger partial charge in [0.25, 0.3) is 15.9 Å². The standard InChI is InChI=1S/C23H28N2O5S/c1-29-18-11-13-19(14-12-18)31(27,28)25-16-22(30-21-10-6-5-9-20(21)25)23(26)24-15-17-7-3-2-4-8-17/h5-6,9-14,17,22H,2-4,7-8,15-16H2,1H3,(H,24,26)/t22-/m0/s1. The maximum Gasteiger partial charge on any atom is 0.264 e. The smallest absolute Gasteiger partial charge is 0.264 e. The van der Waals surface area contributed by atoms with Gasteiger partial charge in [0.15, 0.2) is 6.10 Å². The minimum absolute atomic E-state index is 0.0815. The van der Waals surface area contributed by atoms with E-state index in [4.69, 9.17) is 9.47 Å². The van der Waals surface area contributed by atoms with Gasteiger partial charge in [-0.3, -0.25) is 9.10 Å². The summed E-state index contributed by atoms with van der Waals surface area (Å²) in [6.07, 6.45) is 4.97. The summed E-state index contributed by atoms with van der Waals surface area (Å²) < 4.78 is 39.1. The van der Waals surface area contributed by atoms with Crippen molar-refractivity contribution in [3.63, 3.8) is 0 Å². The number of nitrogens with zero attached hydrogens (tertiary/aromatic N) is 1. The number of anilines is 1. The molecule has 31 heavy (non-hydrogen) atoms. The van der Waals surface area contributed by atoms with E-state index in [1.165, 1.54) is 42.8 Å². The maximum atomic E-state index is 13.4. The van der Waals surface area contributed by atoms with Crippen LogP contribution in [0.5, 0.6) is 11.5 Å². The number of methoxy groups -OCH3 is 1. The molecule has 0 spiro atoms. The molecule has 2 aliphatic rings. The fourth-order valence-corrected chi connectivity index (χ4v) is 5.67. The Kier molecular flexibility index (Phi) is 6.36. The number of hydrogen-bond acceptors (Lipinski definition) is 5. The number of hydrogen-bond donors (Lipinski definition) is 1. The molecule has 2 aromatic carbocycles. The summed E-state index contributed by atoms with van der Waals surface area (Å²) >= 11 is 0. The molecular formula is C23H28N2O5S. The Balaban J connectivity index is 1.55. The first-order chi connectivity index (χ1) is 15.0.